The lowest BCUT2D eigenvalue weighted by Gasteiger charge is -2.23. The van der Waals surface area contributed by atoms with Gasteiger partial charge in [-0.25, -0.2) is 0 Å². The second-order valence-corrected chi connectivity index (χ2v) is 7.74. The SMILES string of the molecule is O=C(C[C@]1(O)C(=O)N(CCc2ccccc2)c2ccccc21)c1ccc2c(c1)OCO2. The van der Waals surface area contributed by atoms with Crippen LogP contribution in [0.1, 0.15) is 27.9 Å². The first-order valence-corrected chi connectivity index (χ1v) is 10.2. The van der Waals surface area contributed by atoms with E-state index in [4.69, 9.17) is 9.47 Å². The summed E-state index contributed by atoms with van der Waals surface area (Å²) in [6.45, 7) is 0.527. The lowest BCUT2D eigenvalue weighted by atomic mass is 9.88. The molecule has 1 atom stereocenters. The van der Waals surface area contributed by atoms with E-state index >= 15 is 0 Å². The molecule has 156 valence electrons. The number of hydrogen-bond acceptors (Lipinski definition) is 5. The molecular weight excluding hydrogens is 394 g/mol. The molecule has 0 radical (unpaired) electrons. The minimum Gasteiger partial charge on any atom is -0.454 e. The molecular formula is C25H21NO5. The molecule has 0 aromatic heterocycles. The molecule has 0 saturated heterocycles. The number of rotatable bonds is 6. The summed E-state index contributed by atoms with van der Waals surface area (Å²) in [4.78, 5) is 27.9. The van der Waals surface area contributed by atoms with Gasteiger partial charge < -0.3 is 19.5 Å². The minimum atomic E-state index is -1.90. The van der Waals surface area contributed by atoms with Crippen molar-refractivity contribution in [2.45, 2.75) is 18.4 Å². The second-order valence-electron chi connectivity index (χ2n) is 7.74. The Morgan fingerprint density at radius 1 is 0.968 bits per heavy atom. The number of ketones is 1. The van der Waals surface area contributed by atoms with Crippen LogP contribution in [0.2, 0.25) is 0 Å². The highest BCUT2D eigenvalue weighted by Gasteiger charge is 2.50. The first-order chi connectivity index (χ1) is 15.1. The summed E-state index contributed by atoms with van der Waals surface area (Å²) in [6.07, 6.45) is 0.303. The van der Waals surface area contributed by atoms with E-state index < -0.39 is 11.5 Å². The van der Waals surface area contributed by atoms with Crippen LogP contribution >= 0.6 is 0 Å². The molecule has 0 fully saturated rings. The predicted molar refractivity (Wildman–Crippen MR) is 114 cm³/mol. The molecule has 6 nitrogen and oxygen atoms in total. The average molecular weight is 415 g/mol. The van der Waals surface area contributed by atoms with E-state index in [1.807, 2.05) is 36.4 Å². The van der Waals surface area contributed by atoms with Gasteiger partial charge in [-0.3, -0.25) is 9.59 Å². The topological polar surface area (TPSA) is 76.1 Å². The molecule has 2 heterocycles. The van der Waals surface area contributed by atoms with E-state index in [-0.39, 0.29) is 19.0 Å². The number of carbonyl (C=O) groups excluding carboxylic acids is 2. The number of anilines is 1. The lowest BCUT2D eigenvalue weighted by molar-refractivity contribution is -0.135. The summed E-state index contributed by atoms with van der Waals surface area (Å²) in [5.41, 5.74) is 0.665. The molecule has 0 bridgehead atoms. The maximum atomic E-state index is 13.3. The van der Waals surface area contributed by atoms with Gasteiger partial charge in [-0.2, -0.15) is 0 Å². The van der Waals surface area contributed by atoms with Gasteiger partial charge in [0.1, 0.15) is 0 Å². The van der Waals surface area contributed by atoms with Crippen molar-refractivity contribution in [2.24, 2.45) is 0 Å². The van der Waals surface area contributed by atoms with E-state index in [2.05, 4.69) is 0 Å². The van der Waals surface area contributed by atoms with Gasteiger partial charge in [0.2, 0.25) is 6.79 Å². The number of fused-ring (bicyclic) bond motifs is 2. The van der Waals surface area contributed by atoms with Crippen molar-refractivity contribution in [3.8, 4) is 11.5 Å². The Kier molecular flexibility index (Phi) is 4.71. The molecule has 0 unspecified atom stereocenters. The molecule has 6 heteroatoms. The van der Waals surface area contributed by atoms with Gasteiger partial charge in [0, 0.05) is 17.7 Å². The first-order valence-electron chi connectivity index (χ1n) is 10.2. The molecule has 31 heavy (non-hydrogen) atoms. The van der Waals surface area contributed by atoms with Gasteiger partial charge >= 0.3 is 0 Å². The zero-order valence-corrected chi connectivity index (χ0v) is 16.8. The van der Waals surface area contributed by atoms with Crippen LogP contribution in [0.25, 0.3) is 0 Å². The van der Waals surface area contributed by atoms with Crippen molar-refractivity contribution in [3.05, 3.63) is 89.5 Å². The van der Waals surface area contributed by atoms with Crippen LogP contribution in [-0.2, 0) is 16.8 Å². The van der Waals surface area contributed by atoms with Crippen molar-refractivity contribution in [1.29, 1.82) is 0 Å². The van der Waals surface area contributed by atoms with Gasteiger partial charge in [-0.15, -0.1) is 0 Å². The zero-order valence-electron chi connectivity index (χ0n) is 16.8. The Bertz CT molecular complexity index is 1160. The van der Waals surface area contributed by atoms with Crippen LogP contribution in [-0.4, -0.2) is 30.1 Å². The smallest absolute Gasteiger partial charge is 0.264 e. The van der Waals surface area contributed by atoms with Crippen LogP contribution in [0.4, 0.5) is 5.69 Å². The number of Topliss-reactive ketones (excluding diaryl/α,β-unsaturated/α-hetero) is 1. The highest BCUT2D eigenvalue weighted by Crippen LogP contribution is 2.43. The number of nitrogens with zero attached hydrogens (tertiary/aromatic N) is 1. The molecule has 2 aliphatic heterocycles. The van der Waals surface area contributed by atoms with Gasteiger partial charge in [-0.05, 0) is 36.2 Å². The normalized spacial score (nSPS) is 18.9. The van der Waals surface area contributed by atoms with Crippen molar-refractivity contribution >= 4 is 17.4 Å². The molecule has 0 saturated carbocycles. The fraction of sp³-hybridized carbons (Fsp3) is 0.200. The standard InChI is InChI=1S/C25H21NO5/c27-21(18-10-11-22-23(14-18)31-16-30-22)15-25(29)19-8-4-5-9-20(19)26(24(25)28)13-12-17-6-2-1-3-7-17/h1-11,14,29H,12-13,15-16H2/t25-/m1/s1. The summed E-state index contributed by atoms with van der Waals surface area (Å²) in [7, 11) is 0. The highest BCUT2D eigenvalue weighted by molar-refractivity contribution is 6.10. The summed E-state index contributed by atoms with van der Waals surface area (Å²) >= 11 is 0. The third-order valence-corrected chi connectivity index (χ3v) is 5.82. The van der Waals surface area contributed by atoms with Gasteiger partial charge in [-0.1, -0.05) is 48.5 Å². The molecule has 5 rings (SSSR count). The zero-order chi connectivity index (χ0) is 21.4. The Balaban J connectivity index is 1.41. The molecule has 0 spiro atoms. The summed E-state index contributed by atoms with van der Waals surface area (Å²) in [5, 5.41) is 11.4. The summed E-state index contributed by atoms with van der Waals surface area (Å²) < 4.78 is 10.6. The maximum Gasteiger partial charge on any atom is 0.264 e. The van der Waals surface area contributed by atoms with Gasteiger partial charge in [0.15, 0.2) is 22.9 Å². The quantitative estimate of drug-likeness (QED) is 0.624. The van der Waals surface area contributed by atoms with Gasteiger partial charge in [0.25, 0.3) is 5.91 Å². The number of benzene rings is 3. The average Bonchev–Trinajstić information content (AvgIpc) is 3.35. The molecule has 1 N–H and O–H groups in total. The summed E-state index contributed by atoms with van der Waals surface area (Å²) in [6, 6.07) is 21.8. The number of ether oxygens (including phenoxy) is 2. The fourth-order valence-corrected chi connectivity index (χ4v) is 4.19. The second kappa shape index (κ2) is 7.56. The Hall–Kier alpha value is -3.64. The molecule has 0 aliphatic carbocycles. The van der Waals surface area contributed by atoms with Crippen LogP contribution in [0, 0.1) is 0 Å². The van der Waals surface area contributed by atoms with Crippen molar-refractivity contribution < 1.29 is 24.2 Å². The maximum absolute atomic E-state index is 13.3. The molecule has 3 aromatic carbocycles. The van der Waals surface area contributed by atoms with Crippen LogP contribution in [0.15, 0.2) is 72.8 Å². The third-order valence-electron chi connectivity index (χ3n) is 5.82. The number of aliphatic hydroxyl groups is 1. The summed E-state index contributed by atoms with van der Waals surface area (Å²) in [5.74, 6) is 0.248. The van der Waals surface area contributed by atoms with Crippen molar-refractivity contribution in [2.75, 3.05) is 18.2 Å². The van der Waals surface area contributed by atoms with Crippen LogP contribution < -0.4 is 14.4 Å². The number of hydrogen-bond donors (Lipinski definition) is 1. The molecule has 1 amide bonds. The number of carbonyl (C=O) groups is 2. The van der Waals surface area contributed by atoms with Crippen LogP contribution in [0.5, 0.6) is 11.5 Å². The fourth-order valence-electron chi connectivity index (χ4n) is 4.19. The highest BCUT2D eigenvalue weighted by atomic mass is 16.7. The van der Waals surface area contributed by atoms with Crippen LogP contribution in [0.3, 0.4) is 0 Å². The van der Waals surface area contributed by atoms with E-state index in [0.29, 0.717) is 41.3 Å². The predicted octanol–water partition coefficient (Wildman–Crippen LogP) is 3.47. The van der Waals surface area contributed by atoms with E-state index in [9.17, 15) is 14.7 Å². The van der Waals surface area contributed by atoms with E-state index in [1.54, 1.807) is 41.3 Å². The minimum absolute atomic E-state index is 0.110. The molecule has 3 aromatic rings. The monoisotopic (exact) mass is 415 g/mol. The van der Waals surface area contributed by atoms with Crippen molar-refractivity contribution in [3.63, 3.8) is 0 Å². The van der Waals surface area contributed by atoms with Gasteiger partial charge in [0.05, 0.1) is 12.1 Å². The number of para-hydroxylation sites is 1. The lowest BCUT2D eigenvalue weighted by Crippen LogP contribution is -2.42. The van der Waals surface area contributed by atoms with Crippen molar-refractivity contribution in [1.82, 2.24) is 0 Å². The Labute approximate surface area is 179 Å². The van der Waals surface area contributed by atoms with E-state index in [1.165, 1.54) is 0 Å². The molecule has 2 aliphatic rings. The Morgan fingerprint density at radius 2 is 1.71 bits per heavy atom. The van der Waals surface area contributed by atoms with E-state index in [0.717, 1.165) is 5.56 Å². The first kappa shape index (κ1) is 19.3. The Morgan fingerprint density at radius 3 is 2.55 bits per heavy atom. The largest absolute Gasteiger partial charge is 0.454 e. The third kappa shape index (κ3) is 3.35. The number of amides is 1.